The van der Waals surface area contributed by atoms with Crippen LogP contribution in [0.1, 0.15) is 0 Å². The molecule has 0 bridgehead atoms. The van der Waals surface area contributed by atoms with E-state index in [0.29, 0.717) is 5.82 Å². The van der Waals surface area contributed by atoms with Gasteiger partial charge in [0.05, 0.1) is 22.4 Å². The van der Waals surface area contributed by atoms with E-state index in [-0.39, 0.29) is 0 Å². The van der Waals surface area contributed by atoms with Gasteiger partial charge < -0.3 is 4.57 Å². The highest BCUT2D eigenvalue weighted by molar-refractivity contribution is 6.23. The molecule has 0 aliphatic carbocycles. The molecule has 0 N–H and O–H groups in total. The summed E-state index contributed by atoms with van der Waals surface area (Å²) < 4.78 is 2.38. The molecule has 0 unspecified atom stereocenters. The second kappa shape index (κ2) is 15.0. The van der Waals surface area contributed by atoms with Crippen LogP contribution in [0.3, 0.4) is 0 Å². The van der Waals surface area contributed by atoms with Crippen LogP contribution in [0.15, 0.2) is 237 Å². The van der Waals surface area contributed by atoms with Crippen LogP contribution in [-0.2, 0) is 0 Å². The summed E-state index contributed by atoms with van der Waals surface area (Å²) in [6.45, 7) is 0. The van der Waals surface area contributed by atoms with Gasteiger partial charge in [0.15, 0.2) is 5.82 Å². The zero-order valence-corrected chi connectivity index (χ0v) is 35.4. The van der Waals surface area contributed by atoms with Gasteiger partial charge in [0.2, 0.25) is 0 Å². The number of rotatable bonds is 6. The Hall–Kier alpha value is -8.66. The van der Waals surface area contributed by atoms with E-state index in [9.17, 15) is 0 Å². The molecule has 0 saturated carbocycles. The Bertz CT molecular complexity index is 4000. The van der Waals surface area contributed by atoms with Crippen molar-refractivity contribution in [2.45, 2.75) is 0 Å². The standard InChI is InChI=1S/C62H39N3/c1-3-17-41(18-4-1)62-63-57(45-21-15-20-42(36-45)43-31-32-53-52-28-13-14-29-59(52)65(60(53)38-43)46-22-5-2-6-23-46)39-58(64-62)51-34-35-54(50-27-12-11-26-49(50)51)61-48-25-10-8-19-44(48)37-56-47-24-9-7-16-40(47)30-33-55(56)61/h1-39H. The average molecular weight is 826 g/mol. The maximum Gasteiger partial charge on any atom is 0.160 e. The second-order valence-electron chi connectivity index (χ2n) is 16.9. The molecule has 2 aromatic heterocycles. The van der Waals surface area contributed by atoms with Gasteiger partial charge in [-0.15, -0.1) is 0 Å². The molecule has 0 atom stereocenters. The van der Waals surface area contributed by atoms with Gasteiger partial charge in [0.1, 0.15) is 0 Å². The van der Waals surface area contributed by atoms with Crippen molar-refractivity contribution in [3.05, 3.63) is 237 Å². The van der Waals surface area contributed by atoms with Crippen LogP contribution < -0.4 is 0 Å². The highest BCUT2D eigenvalue weighted by atomic mass is 15.0. The molecular formula is C62H39N3. The number of aromatic nitrogens is 3. The van der Waals surface area contributed by atoms with Crippen molar-refractivity contribution in [1.29, 1.82) is 0 Å². The Kier molecular flexibility index (Phi) is 8.53. The minimum atomic E-state index is 0.692. The zero-order valence-electron chi connectivity index (χ0n) is 35.4. The van der Waals surface area contributed by atoms with Gasteiger partial charge in [-0.25, -0.2) is 9.97 Å². The van der Waals surface area contributed by atoms with Crippen molar-refractivity contribution in [3.63, 3.8) is 0 Å². The summed E-state index contributed by atoms with van der Waals surface area (Å²) in [6, 6.07) is 85.3. The third-order valence-corrected chi connectivity index (χ3v) is 13.2. The predicted octanol–water partition coefficient (Wildman–Crippen LogP) is 16.5. The summed E-state index contributed by atoms with van der Waals surface area (Å²) >= 11 is 0. The first-order chi connectivity index (χ1) is 32.2. The SMILES string of the molecule is c1ccc(-c2nc(-c3cccc(-c4ccc5c6ccccc6n(-c6ccccc6)c5c4)c3)cc(-c3ccc(-c4c5ccccc5cc5c4ccc4ccccc45)c4ccccc34)n2)cc1. The lowest BCUT2D eigenvalue weighted by Gasteiger charge is -2.17. The molecule has 2 heterocycles. The van der Waals surface area contributed by atoms with E-state index in [1.165, 1.54) is 70.6 Å². The van der Waals surface area contributed by atoms with Gasteiger partial charge >= 0.3 is 0 Å². The van der Waals surface area contributed by atoms with Crippen LogP contribution in [0.2, 0.25) is 0 Å². The number of fused-ring (bicyclic) bond motifs is 8. The molecule has 0 aliphatic rings. The fraction of sp³-hybridized carbons (Fsp3) is 0. The summed E-state index contributed by atoms with van der Waals surface area (Å²) in [5, 5.41) is 12.3. The molecule has 0 aliphatic heterocycles. The number of benzene rings is 11. The van der Waals surface area contributed by atoms with E-state index >= 15 is 0 Å². The van der Waals surface area contributed by atoms with Crippen molar-refractivity contribution in [2.75, 3.05) is 0 Å². The molecule has 0 fully saturated rings. The number of hydrogen-bond acceptors (Lipinski definition) is 2. The third kappa shape index (κ3) is 6.12. The molecule has 302 valence electrons. The molecule has 13 rings (SSSR count). The largest absolute Gasteiger partial charge is 0.309 e. The van der Waals surface area contributed by atoms with Crippen LogP contribution in [0, 0.1) is 0 Å². The maximum atomic E-state index is 5.35. The Morgan fingerprint density at radius 1 is 0.277 bits per heavy atom. The van der Waals surface area contributed by atoms with Crippen molar-refractivity contribution in [2.24, 2.45) is 0 Å². The van der Waals surface area contributed by atoms with E-state index in [2.05, 4.69) is 235 Å². The van der Waals surface area contributed by atoms with Crippen molar-refractivity contribution < 1.29 is 0 Å². The summed E-state index contributed by atoms with van der Waals surface area (Å²) in [5.74, 6) is 0.692. The van der Waals surface area contributed by atoms with E-state index in [1.807, 2.05) is 6.07 Å². The lowest BCUT2D eigenvalue weighted by molar-refractivity contribution is 1.18. The average Bonchev–Trinajstić information content (AvgIpc) is 3.72. The molecule has 3 heteroatoms. The molecule has 0 amide bonds. The molecule has 65 heavy (non-hydrogen) atoms. The third-order valence-electron chi connectivity index (χ3n) is 13.2. The van der Waals surface area contributed by atoms with E-state index in [0.717, 1.165) is 50.3 Å². The Morgan fingerprint density at radius 3 is 1.69 bits per heavy atom. The lowest BCUT2D eigenvalue weighted by Crippen LogP contribution is -1.97. The predicted molar refractivity (Wildman–Crippen MR) is 274 cm³/mol. The molecule has 11 aromatic carbocycles. The van der Waals surface area contributed by atoms with Gasteiger partial charge in [-0.1, -0.05) is 194 Å². The second-order valence-corrected chi connectivity index (χ2v) is 16.9. The van der Waals surface area contributed by atoms with Gasteiger partial charge in [-0.2, -0.15) is 0 Å². The lowest BCUT2D eigenvalue weighted by atomic mass is 9.86. The first-order valence-corrected chi connectivity index (χ1v) is 22.2. The molecular weight excluding hydrogens is 787 g/mol. The van der Waals surface area contributed by atoms with Crippen LogP contribution in [0.25, 0.3) is 127 Å². The van der Waals surface area contributed by atoms with Gasteiger partial charge in [-0.3, -0.25) is 0 Å². The minimum Gasteiger partial charge on any atom is -0.309 e. The topological polar surface area (TPSA) is 30.7 Å². The quantitative estimate of drug-likeness (QED) is 0.123. The molecule has 0 radical (unpaired) electrons. The summed E-state index contributed by atoms with van der Waals surface area (Å²) in [5.41, 5.74) is 13.1. The van der Waals surface area contributed by atoms with Crippen LogP contribution in [0.5, 0.6) is 0 Å². The van der Waals surface area contributed by atoms with Crippen molar-refractivity contribution in [1.82, 2.24) is 14.5 Å². The van der Waals surface area contributed by atoms with Crippen molar-refractivity contribution in [3.8, 4) is 61.8 Å². The molecule has 0 spiro atoms. The monoisotopic (exact) mass is 825 g/mol. The Morgan fingerprint density at radius 2 is 0.862 bits per heavy atom. The van der Waals surface area contributed by atoms with Gasteiger partial charge in [0, 0.05) is 33.2 Å². The number of nitrogens with zero attached hydrogens (tertiary/aromatic N) is 3. The van der Waals surface area contributed by atoms with Crippen LogP contribution in [-0.4, -0.2) is 14.5 Å². The summed E-state index contributed by atoms with van der Waals surface area (Å²) in [7, 11) is 0. The van der Waals surface area contributed by atoms with E-state index in [4.69, 9.17) is 9.97 Å². The summed E-state index contributed by atoms with van der Waals surface area (Å²) in [6.07, 6.45) is 0. The van der Waals surface area contributed by atoms with Gasteiger partial charge in [-0.05, 0) is 108 Å². The van der Waals surface area contributed by atoms with Gasteiger partial charge in [0.25, 0.3) is 0 Å². The van der Waals surface area contributed by atoms with E-state index in [1.54, 1.807) is 0 Å². The smallest absolute Gasteiger partial charge is 0.160 e. The number of para-hydroxylation sites is 2. The minimum absolute atomic E-state index is 0.692. The Balaban J connectivity index is 0.985. The molecule has 0 saturated heterocycles. The normalized spacial score (nSPS) is 11.7. The summed E-state index contributed by atoms with van der Waals surface area (Å²) in [4.78, 5) is 10.6. The fourth-order valence-corrected chi connectivity index (χ4v) is 10.2. The number of hydrogen-bond donors (Lipinski definition) is 0. The van der Waals surface area contributed by atoms with Crippen molar-refractivity contribution >= 4 is 64.9 Å². The zero-order chi connectivity index (χ0) is 42.8. The van der Waals surface area contributed by atoms with Crippen LogP contribution in [0.4, 0.5) is 0 Å². The highest BCUT2D eigenvalue weighted by Gasteiger charge is 2.19. The Labute approximate surface area is 376 Å². The molecule has 13 aromatic rings. The first kappa shape index (κ1) is 36.9. The maximum absolute atomic E-state index is 5.35. The first-order valence-electron chi connectivity index (χ1n) is 22.2. The van der Waals surface area contributed by atoms with E-state index < -0.39 is 0 Å². The van der Waals surface area contributed by atoms with Crippen LogP contribution >= 0.6 is 0 Å². The molecule has 3 nitrogen and oxygen atoms in total. The highest BCUT2D eigenvalue weighted by Crippen LogP contribution is 2.44. The fourth-order valence-electron chi connectivity index (χ4n) is 10.2.